The van der Waals surface area contributed by atoms with Crippen molar-refractivity contribution in [1.29, 1.82) is 0 Å². The molecule has 1 fully saturated rings. The second-order valence-corrected chi connectivity index (χ2v) is 4.49. The lowest BCUT2D eigenvalue weighted by Gasteiger charge is -2.29. The lowest BCUT2D eigenvalue weighted by atomic mass is 10.1. The Morgan fingerprint density at radius 1 is 1.50 bits per heavy atom. The molecule has 2 heteroatoms. The van der Waals surface area contributed by atoms with Crippen LogP contribution in [0.5, 0.6) is 0 Å². The molecule has 2 nitrogen and oxygen atoms in total. The monoisotopic (exact) mass is 171 g/mol. The standard InChI is InChI=1S/C10H21NO/c1-4-9-6-5-7-11(9)8-10(2,3)12/h9,12H,4-8H2,1-3H3. The van der Waals surface area contributed by atoms with Crippen LogP contribution in [0.25, 0.3) is 0 Å². The highest BCUT2D eigenvalue weighted by atomic mass is 16.3. The molecule has 0 saturated carbocycles. The van der Waals surface area contributed by atoms with Crippen molar-refractivity contribution in [1.82, 2.24) is 4.90 Å². The maximum atomic E-state index is 9.65. The Labute approximate surface area is 75.6 Å². The van der Waals surface area contributed by atoms with Gasteiger partial charge < -0.3 is 5.11 Å². The Morgan fingerprint density at radius 3 is 2.67 bits per heavy atom. The van der Waals surface area contributed by atoms with Crippen LogP contribution in [-0.4, -0.2) is 34.7 Å². The number of β-amino-alcohol motifs (C(OH)–C–C–N with tert-alkyl or cyclic N) is 1. The van der Waals surface area contributed by atoms with Crippen LogP contribution < -0.4 is 0 Å². The maximum Gasteiger partial charge on any atom is 0.0718 e. The summed E-state index contributed by atoms with van der Waals surface area (Å²) in [6, 6.07) is 0.719. The predicted octanol–water partition coefficient (Wildman–Crippen LogP) is 1.63. The maximum absolute atomic E-state index is 9.65. The zero-order valence-electron chi connectivity index (χ0n) is 8.51. The van der Waals surface area contributed by atoms with Gasteiger partial charge in [-0.25, -0.2) is 0 Å². The van der Waals surface area contributed by atoms with Gasteiger partial charge in [0.1, 0.15) is 0 Å². The van der Waals surface area contributed by atoms with Crippen LogP contribution in [0, 0.1) is 0 Å². The van der Waals surface area contributed by atoms with E-state index in [-0.39, 0.29) is 0 Å². The minimum absolute atomic E-state index is 0.530. The Hall–Kier alpha value is -0.0800. The molecule has 1 heterocycles. The lowest BCUT2D eigenvalue weighted by molar-refractivity contribution is 0.0315. The number of hydrogen-bond acceptors (Lipinski definition) is 2. The van der Waals surface area contributed by atoms with Gasteiger partial charge in [0, 0.05) is 12.6 Å². The molecule has 0 aromatic heterocycles. The van der Waals surface area contributed by atoms with E-state index in [9.17, 15) is 5.11 Å². The second kappa shape index (κ2) is 3.75. The van der Waals surface area contributed by atoms with Gasteiger partial charge in [-0.1, -0.05) is 6.92 Å². The molecule has 0 spiro atoms. The van der Waals surface area contributed by atoms with Crippen molar-refractivity contribution in [2.75, 3.05) is 13.1 Å². The van der Waals surface area contributed by atoms with Crippen molar-refractivity contribution in [3.8, 4) is 0 Å². The van der Waals surface area contributed by atoms with Gasteiger partial charge >= 0.3 is 0 Å². The molecule has 1 unspecified atom stereocenters. The molecular weight excluding hydrogens is 150 g/mol. The van der Waals surface area contributed by atoms with E-state index in [1.54, 1.807) is 0 Å². The number of aliphatic hydroxyl groups is 1. The highest BCUT2D eigenvalue weighted by Crippen LogP contribution is 2.21. The Kier molecular flexibility index (Phi) is 3.13. The molecule has 0 radical (unpaired) electrons. The van der Waals surface area contributed by atoms with E-state index in [0.717, 1.165) is 12.6 Å². The zero-order chi connectivity index (χ0) is 9.19. The Morgan fingerprint density at radius 2 is 2.17 bits per heavy atom. The topological polar surface area (TPSA) is 23.5 Å². The van der Waals surface area contributed by atoms with Gasteiger partial charge in [0.2, 0.25) is 0 Å². The van der Waals surface area contributed by atoms with Crippen LogP contribution in [0.15, 0.2) is 0 Å². The Bertz CT molecular complexity index is 139. The fraction of sp³-hybridized carbons (Fsp3) is 1.00. The summed E-state index contributed by atoms with van der Waals surface area (Å²) in [4.78, 5) is 2.42. The summed E-state index contributed by atoms with van der Waals surface area (Å²) in [7, 11) is 0. The summed E-state index contributed by atoms with van der Waals surface area (Å²) in [5.41, 5.74) is -0.530. The molecule has 0 aromatic carbocycles. The third-order valence-electron chi connectivity index (χ3n) is 2.56. The van der Waals surface area contributed by atoms with Gasteiger partial charge in [-0.2, -0.15) is 0 Å². The van der Waals surface area contributed by atoms with Crippen LogP contribution >= 0.6 is 0 Å². The van der Waals surface area contributed by atoms with Crippen molar-refractivity contribution in [2.24, 2.45) is 0 Å². The van der Waals surface area contributed by atoms with Crippen molar-refractivity contribution >= 4 is 0 Å². The van der Waals surface area contributed by atoms with E-state index in [1.165, 1.54) is 25.8 Å². The minimum Gasteiger partial charge on any atom is -0.389 e. The highest BCUT2D eigenvalue weighted by Gasteiger charge is 2.27. The van der Waals surface area contributed by atoms with Crippen LogP contribution in [0.4, 0.5) is 0 Å². The molecule has 1 aliphatic rings. The molecule has 1 rings (SSSR count). The summed E-state index contributed by atoms with van der Waals surface area (Å²) >= 11 is 0. The first-order valence-corrected chi connectivity index (χ1v) is 4.99. The van der Waals surface area contributed by atoms with Crippen molar-refractivity contribution < 1.29 is 5.11 Å². The average Bonchev–Trinajstić information content (AvgIpc) is 2.31. The van der Waals surface area contributed by atoms with E-state index in [0.29, 0.717) is 0 Å². The first-order chi connectivity index (χ1) is 5.53. The molecule has 12 heavy (non-hydrogen) atoms. The predicted molar refractivity (Wildman–Crippen MR) is 51.2 cm³/mol. The van der Waals surface area contributed by atoms with E-state index < -0.39 is 5.60 Å². The summed E-state index contributed by atoms with van der Waals surface area (Å²) < 4.78 is 0. The zero-order valence-corrected chi connectivity index (χ0v) is 8.51. The van der Waals surface area contributed by atoms with Gasteiger partial charge in [-0.05, 0) is 39.7 Å². The Balaban J connectivity index is 2.41. The quantitative estimate of drug-likeness (QED) is 0.697. The largest absolute Gasteiger partial charge is 0.389 e. The van der Waals surface area contributed by atoms with Gasteiger partial charge in [-0.15, -0.1) is 0 Å². The molecule has 1 atom stereocenters. The summed E-state index contributed by atoms with van der Waals surface area (Å²) in [6.07, 6.45) is 3.83. The normalized spacial score (nSPS) is 26.5. The van der Waals surface area contributed by atoms with Gasteiger partial charge in [0.25, 0.3) is 0 Å². The van der Waals surface area contributed by atoms with Crippen LogP contribution in [-0.2, 0) is 0 Å². The average molecular weight is 171 g/mol. The molecule has 0 amide bonds. The van der Waals surface area contributed by atoms with Gasteiger partial charge in [-0.3, -0.25) is 4.90 Å². The van der Waals surface area contributed by atoms with E-state index in [1.807, 2.05) is 13.8 Å². The molecule has 1 N–H and O–H groups in total. The smallest absolute Gasteiger partial charge is 0.0718 e. The SMILES string of the molecule is CCC1CCCN1CC(C)(C)O. The van der Waals surface area contributed by atoms with E-state index >= 15 is 0 Å². The molecule has 0 bridgehead atoms. The summed E-state index contributed by atoms with van der Waals surface area (Å²) in [6.45, 7) is 8.00. The summed E-state index contributed by atoms with van der Waals surface area (Å²) in [5.74, 6) is 0. The second-order valence-electron chi connectivity index (χ2n) is 4.49. The van der Waals surface area contributed by atoms with Crippen LogP contribution in [0.2, 0.25) is 0 Å². The van der Waals surface area contributed by atoms with Crippen molar-refractivity contribution in [3.05, 3.63) is 0 Å². The fourth-order valence-electron chi connectivity index (χ4n) is 2.06. The number of likely N-dealkylation sites (tertiary alicyclic amines) is 1. The van der Waals surface area contributed by atoms with Crippen LogP contribution in [0.3, 0.4) is 0 Å². The fourth-order valence-corrected chi connectivity index (χ4v) is 2.06. The molecule has 1 saturated heterocycles. The number of nitrogens with zero attached hydrogens (tertiary/aromatic N) is 1. The minimum atomic E-state index is -0.530. The third-order valence-corrected chi connectivity index (χ3v) is 2.56. The molecular formula is C10H21NO. The molecule has 1 aliphatic heterocycles. The molecule has 0 aliphatic carbocycles. The van der Waals surface area contributed by atoms with E-state index in [4.69, 9.17) is 0 Å². The summed E-state index contributed by atoms with van der Waals surface area (Å²) in [5, 5.41) is 9.65. The van der Waals surface area contributed by atoms with Gasteiger partial charge in [0.05, 0.1) is 5.60 Å². The first kappa shape index (κ1) is 10.0. The molecule has 72 valence electrons. The number of hydrogen-bond donors (Lipinski definition) is 1. The lowest BCUT2D eigenvalue weighted by Crippen LogP contribution is -2.40. The van der Waals surface area contributed by atoms with Crippen molar-refractivity contribution in [3.63, 3.8) is 0 Å². The highest BCUT2D eigenvalue weighted by molar-refractivity contribution is 4.82. The first-order valence-electron chi connectivity index (χ1n) is 4.99. The van der Waals surface area contributed by atoms with Crippen molar-refractivity contribution in [2.45, 2.75) is 51.7 Å². The van der Waals surface area contributed by atoms with Gasteiger partial charge in [0.15, 0.2) is 0 Å². The van der Waals surface area contributed by atoms with E-state index in [2.05, 4.69) is 11.8 Å². The molecule has 0 aromatic rings. The van der Waals surface area contributed by atoms with Crippen LogP contribution in [0.1, 0.15) is 40.0 Å². The number of rotatable bonds is 3. The third kappa shape index (κ3) is 2.76.